The fourth-order valence-electron chi connectivity index (χ4n) is 3.73. The van der Waals surface area contributed by atoms with Crippen LogP contribution >= 0.6 is 15.9 Å². The summed E-state index contributed by atoms with van der Waals surface area (Å²) in [5.74, 6) is 0.563. The number of anilines is 1. The standard InChI is InChI=1S/C19H22BrN5O/c1-2-21-18-22-11-16-17(23-18)24(12-13-7-9-14(20)10-8-13)19(26)25(16)15-5-3-4-6-15/h7-11,15H,2-6,12H2,1H3,(H,21,22,23). The molecule has 1 N–H and O–H groups in total. The summed E-state index contributed by atoms with van der Waals surface area (Å²) >= 11 is 3.46. The third-order valence-electron chi connectivity index (χ3n) is 4.98. The van der Waals surface area contributed by atoms with Crippen molar-refractivity contribution in [3.8, 4) is 0 Å². The van der Waals surface area contributed by atoms with Crippen LogP contribution in [0, 0.1) is 0 Å². The molecule has 1 aliphatic rings. The average Bonchev–Trinajstić information content (AvgIpc) is 3.24. The van der Waals surface area contributed by atoms with E-state index >= 15 is 0 Å². The highest BCUT2D eigenvalue weighted by Crippen LogP contribution is 2.31. The Bertz CT molecular complexity index is 970. The molecule has 7 heteroatoms. The summed E-state index contributed by atoms with van der Waals surface area (Å²) in [7, 11) is 0. The second kappa shape index (κ2) is 7.23. The molecular formula is C19H22BrN5O. The Morgan fingerprint density at radius 1 is 1.23 bits per heavy atom. The highest BCUT2D eigenvalue weighted by atomic mass is 79.9. The molecular weight excluding hydrogens is 394 g/mol. The zero-order valence-electron chi connectivity index (χ0n) is 14.8. The molecule has 1 saturated carbocycles. The second-order valence-electron chi connectivity index (χ2n) is 6.74. The van der Waals surface area contributed by atoms with Gasteiger partial charge in [-0.3, -0.25) is 9.13 Å². The molecule has 2 aromatic heterocycles. The van der Waals surface area contributed by atoms with Crippen molar-refractivity contribution in [2.24, 2.45) is 0 Å². The maximum absolute atomic E-state index is 13.2. The number of nitrogens with zero attached hydrogens (tertiary/aromatic N) is 4. The van der Waals surface area contributed by atoms with E-state index in [-0.39, 0.29) is 11.7 Å². The Morgan fingerprint density at radius 3 is 2.65 bits per heavy atom. The number of aromatic nitrogens is 4. The van der Waals surface area contributed by atoms with E-state index in [1.807, 2.05) is 35.8 Å². The molecule has 0 spiro atoms. The van der Waals surface area contributed by atoms with Crippen LogP contribution in [0.2, 0.25) is 0 Å². The van der Waals surface area contributed by atoms with Gasteiger partial charge in [0.15, 0.2) is 5.65 Å². The molecule has 1 aromatic carbocycles. The number of benzene rings is 1. The van der Waals surface area contributed by atoms with Gasteiger partial charge < -0.3 is 5.32 Å². The van der Waals surface area contributed by atoms with Crippen LogP contribution in [0.5, 0.6) is 0 Å². The monoisotopic (exact) mass is 415 g/mol. The van der Waals surface area contributed by atoms with Crippen molar-refractivity contribution >= 4 is 33.0 Å². The molecule has 0 radical (unpaired) electrons. The van der Waals surface area contributed by atoms with Gasteiger partial charge in [-0.2, -0.15) is 4.98 Å². The van der Waals surface area contributed by atoms with Crippen molar-refractivity contribution in [1.82, 2.24) is 19.1 Å². The van der Waals surface area contributed by atoms with Crippen LogP contribution in [0.4, 0.5) is 5.95 Å². The van der Waals surface area contributed by atoms with E-state index in [9.17, 15) is 4.79 Å². The molecule has 3 aromatic rings. The number of nitrogens with one attached hydrogen (secondary N) is 1. The molecule has 0 bridgehead atoms. The third kappa shape index (κ3) is 3.16. The molecule has 0 aliphatic heterocycles. The van der Waals surface area contributed by atoms with E-state index in [1.165, 1.54) is 12.8 Å². The smallest absolute Gasteiger partial charge is 0.330 e. The molecule has 0 unspecified atom stereocenters. The van der Waals surface area contributed by atoms with Gasteiger partial charge in [-0.05, 0) is 37.5 Å². The number of hydrogen-bond acceptors (Lipinski definition) is 4. The Morgan fingerprint density at radius 2 is 1.96 bits per heavy atom. The van der Waals surface area contributed by atoms with Crippen LogP contribution in [0.25, 0.3) is 11.2 Å². The average molecular weight is 416 g/mol. The molecule has 6 nitrogen and oxygen atoms in total. The minimum Gasteiger partial charge on any atom is -0.354 e. The largest absolute Gasteiger partial charge is 0.354 e. The maximum Gasteiger partial charge on any atom is 0.330 e. The van der Waals surface area contributed by atoms with Gasteiger partial charge in [0.2, 0.25) is 5.95 Å². The zero-order valence-corrected chi connectivity index (χ0v) is 16.4. The van der Waals surface area contributed by atoms with Gasteiger partial charge >= 0.3 is 5.69 Å². The topological polar surface area (TPSA) is 64.7 Å². The number of hydrogen-bond donors (Lipinski definition) is 1. The molecule has 1 aliphatic carbocycles. The summed E-state index contributed by atoms with van der Waals surface area (Å²) in [6.07, 6.45) is 6.23. The first-order valence-electron chi connectivity index (χ1n) is 9.13. The lowest BCUT2D eigenvalue weighted by atomic mass is 10.2. The van der Waals surface area contributed by atoms with Gasteiger partial charge in [-0.25, -0.2) is 9.78 Å². The van der Waals surface area contributed by atoms with Crippen molar-refractivity contribution < 1.29 is 0 Å². The second-order valence-corrected chi connectivity index (χ2v) is 7.65. The predicted octanol–water partition coefficient (Wildman–Crippen LogP) is 3.95. The molecule has 1 fully saturated rings. The lowest BCUT2D eigenvalue weighted by Gasteiger charge is -2.10. The maximum atomic E-state index is 13.2. The van der Waals surface area contributed by atoms with E-state index in [0.717, 1.165) is 34.9 Å². The first kappa shape index (κ1) is 17.3. The SMILES string of the molecule is CCNc1ncc2c(n1)n(Cc1ccc(Br)cc1)c(=O)n2C1CCCC1. The number of imidazole rings is 1. The van der Waals surface area contributed by atoms with E-state index in [0.29, 0.717) is 18.1 Å². The molecule has 26 heavy (non-hydrogen) atoms. The zero-order chi connectivity index (χ0) is 18.1. The van der Waals surface area contributed by atoms with Gasteiger partial charge in [0.1, 0.15) is 5.52 Å². The van der Waals surface area contributed by atoms with Crippen molar-refractivity contribution in [3.63, 3.8) is 0 Å². The van der Waals surface area contributed by atoms with Crippen LogP contribution in [0.3, 0.4) is 0 Å². The minimum atomic E-state index is 0.0118. The number of halogens is 1. The molecule has 0 amide bonds. The summed E-state index contributed by atoms with van der Waals surface area (Å²) in [6, 6.07) is 8.30. The molecule has 136 valence electrons. The van der Waals surface area contributed by atoms with Crippen LogP contribution in [-0.4, -0.2) is 25.6 Å². The fourth-order valence-corrected chi connectivity index (χ4v) is 4.00. The van der Waals surface area contributed by atoms with Gasteiger partial charge in [0, 0.05) is 17.1 Å². The van der Waals surface area contributed by atoms with Crippen molar-refractivity contribution in [3.05, 3.63) is 51.0 Å². The summed E-state index contributed by atoms with van der Waals surface area (Å²) in [6.45, 7) is 3.25. The predicted molar refractivity (Wildman–Crippen MR) is 107 cm³/mol. The van der Waals surface area contributed by atoms with Crippen LogP contribution in [0.1, 0.15) is 44.2 Å². The summed E-state index contributed by atoms with van der Waals surface area (Å²) in [5, 5.41) is 3.14. The highest BCUT2D eigenvalue weighted by molar-refractivity contribution is 9.10. The fraction of sp³-hybridized carbons (Fsp3) is 0.421. The first-order chi connectivity index (χ1) is 12.7. The third-order valence-corrected chi connectivity index (χ3v) is 5.51. The first-order valence-corrected chi connectivity index (χ1v) is 9.92. The Balaban J connectivity index is 1.85. The van der Waals surface area contributed by atoms with E-state index in [2.05, 4.69) is 31.2 Å². The van der Waals surface area contributed by atoms with E-state index < -0.39 is 0 Å². The van der Waals surface area contributed by atoms with Crippen molar-refractivity contribution in [1.29, 1.82) is 0 Å². The lowest BCUT2D eigenvalue weighted by molar-refractivity contribution is 0.505. The Kier molecular flexibility index (Phi) is 4.80. The normalized spacial score (nSPS) is 15.0. The van der Waals surface area contributed by atoms with Crippen LogP contribution < -0.4 is 11.0 Å². The van der Waals surface area contributed by atoms with E-state index in [1.54, 1.807) is 10.8 Å². The lowest BCUT2D eigenvalue weighted by Crippen LogP contribution is -2.27. The Hall–Kier alpha value is -2.15. The van der Waals surface area contributed by atoms with Gasteiger partial charge in [-0.1, -0.05) is 40.9 Å². The number of fused-ring (bicyclic) bond motifs is 1. The van der Waals surface area contributed by atoms with Gasteiger partial charge in [0.25, 0.3) is 0 Å². The van der Waals surface area contributed by atoms with Crippen LogP contribution in [-0.2, 0) is 6.54 Å². The Labute approximate surface area is 160 Å². The van der Waals surface area contributed by atoms with Crippen molar-refractivity contribution in [2.75, 3.05) is 11.9 Å². The summed E-state index contributed by atoms with van der Waals surface area (Å²) in [4.78, 5) is 22.3. The van der Waals surface area contributed by atoms with Crippen LogP contribution in [0.15, 0.2) is 39.7 Å². The van der Waals surface area contributed by atoms with Crippen molar-refractivity contribution in [2.45, 2.75) is 45.2 Å². The van der Waals surface area contributed by atoms with E-state index in [4.69, 9.17) is 0 Å². The van der Waals surface area contributed by atoms with Gasteiger partial charge in [0.05, 0.1) is 12.7 Å². The molecule has 2 heterocycles. The molecule has 4 rings (SSSR count). The minimum absolute atomic E-state index is 0.0118. The quantitative estimate of drug-likeness (QED) is 0.684. The summed E-state index contributed by atoms with van der Waals surface area (Å²) in [5.41, 5.74) is 2.62. The molecule has 0 saturated heterocycles. The van der Waals surface area contributed by atoms with Gasteiger partial charge in [-0.15, -0.1) is 0 Å². The molecule has 0 atom stereocenters. The number of rotatable bonds is 5. The highest BCUT2D eigenvalue weighted by Gasteiger charge is 2.24. The summed E-state index contributed by atoms with van der Waals surface area (Å²) < 4.78 is 4.72.